The number of rotatable bonds is 6. The number of likely N-dealkylation sites (tertiary alicyclic amines) is 1. The Kier molecular flexibility index (Phi) is 5.12. The van der Waals surface area contributed by atoms with Gasteiger partial charge in [0.1, 0.15) is 11.5 Å². The van der Waals surface area contributed by atoms with Gasteiger partial charge in [-0.2, -0.15) is 0 Å². The van der Waals surface area contributed by atoms with E-state index >= 15 is 0 Å². The van der Waals surface area contributed by atoms with E-state index in [-0.39, 0.29) is 18.2 Å². The molecule has 4 rings (SSSR count). The number of ether oxygens (including phenoxy) is 1. The van der Waals surface area contributed by atoms with Gasteiger partial charge in [0.2, 0.25) is 11.8 Å². The molecule has 0 spiro atoms. The number of nitrogens with zero attached hydrogens (tertiary/aromatic N) is 2. The third kappa shape index (κ3) is 3.91. The minimum Gasteiger partial charge on any atom is -0.497 e. The van der Waals surface area contributed by atoms with Crippen molar-refractivity contribution in [3.63, 3.8) is 0 Å². The van der Waals surface area contributed by atoms with E-state index in [9.17, 15) is 9.59 Å². The maximum Gasteiger partial charge on any atom is 0.231 e. The summed E-state index contributed by atoms with van der Waals surface area (Å²) >= 11 is 1.36. The highest BCUT2D eigenvalue weighted by molar-refractivity contribution is 7.14. The molecule has 1 N–H and O–H groups in total. The summed E-state index contributed by atoms with van der Waals surface area (Å²) in [6.45, 7) is 0.760. The highest BCUT2D eigenvalue weighted by atomic mass is 32.1. The summed E-state index contributed by atoms with van der Waals surface area (Å²) in [6.07, 6.45) is 1.77. The molecule has 1 aliphatic heterocycles. The van der Waals surface area contributed by atoms with Crippen molar-refractivity contribution in [1.29, 1.82) is 0 Å². The quantitative estimate of drug-likeness (QED) is 0.689. The second-order valence-electron chi connectivity index (χ2n) is 6.51. The Balaban J connectivity index is 1.37. The topological polar surface area (TPSA) is 84.7 Å². The molecule has 1 saturated heterocycles. The van der Waals surface area contributed by atoms with E-state index in [1.807, 2.05) is 35.7 Å². The van der Waals surface area contributed by atoms with Crippen LogP contribution in [0.2, 0.25) is 0 Å². The van der Waals surface area contributed by atoms with E-state index in [4.69, 9.17) is 9.15 Å². The highest BCUT2D eigenvalue weighted by Crippen LogP contribution is 2.28. The summed E-state index contributed by atoms with van der Waals surface area (Å²) in [6, 6.07) is 11.2. The maximum absolute atomic E-state index is 12.6. The van der Waals surface area contributed by atoms with Crippen LogP contribution < -0.4 is 10.1 Å². The molecular weight excluding hydrogens is 378 g/mol. The van der Waals surface area contributed by atoms with Crippen LogP contribution >= 0.6 is 11.3 Å². The van der Waals surface area contributed by atoms with Gasteiger partial charge in [0.25, 0.3) is 0 Å². The van der Waals surface area contributed by atoms with Crippen molar-refractivity contribution in [2.24, 2.45) is 5.92 Å². The third-order valence-corrected chi connectivity index (χ3v) is 5.39. The summed E-state index contributed by atoms with van der Waals surface area (Å²) in [5.74, 6) is 0.854. The molecule has 3 heterocycles. The lowest BCUT2D eigenvalue weighted by Crippen LogP contribution is -2.27. The molecule has 2 amide bonds. The van der Waals surface area contributed by atoms with Crippen LogP contribution in [0.3, 0.4) is 0 Å². The van der Waals surface area contributed by atoms with Gasteiger partial charge in [0.15, 0.2) is 5.13 Å². The molecule has 28 heavy (non-hydrogen) atoms. The lowest BCUT2D eigenvalue weighted by molar-refractivity contribution is -0.128. The van der Waals surface area contributed by atoms with E-state index in [2.05, 4.69) is 10.3 Å². The fourth-order valence-electron chi connectivity index (χ4n) is 3.12. The monoisotopic (exact) mass is 397 g/mol. The molecule has 0 unspecified atom stereocenters. The fraction of sp³-hybridized carbons (Fsp3) is 0.250. The SMILES string of the molecule is COc1ccc(-c2csc(NC(=O)[C@@H]3CC(=O)N(Cc4ccco4)C3)n2)cc1. The van der Waals surface area contributed by atoms with Gasteiger partial charge < -0.3 is 19.4 Å². The Morgan fingerprint density at radius 1 is 1.36 bits per heavy atom. The van der Waals surface area contributed by atoms with Crippen LogP contribution in [0.5, 0.6) is 5.75 Å². The molecule has 0 aliphatic carbocycles. The van der Waals surface area contributed by atoms with Gasteiger partial charge in [-0.3, -0.25) is 9.59 Å². The van der Waals surface area contributed by atoms with Crippen molar-refractivity contribution in [1.82, 2.24) is 9.88 Å². The number of furan rings is 1. The van der Waals surface area contributed by atoms with Crippen LogP contribution in [0.4, 0.5) is 5.13 Å². The molecule has 0 radical (unpaired) electrons. The number of methoxy groups -OCH3 is 1. The molecular formula is C20H19N3O4S. The number of anilines is 1. The smallest absolute Gasteiger partial charge is 0.231 e. The molecule has 3 aromatic rings. The molecule has 1 atom stereocenters. The summed E-state index contributed by atoms with van der Waals surface area (Å²) in [7, 11) is 1.62. The second kappa shape index (κ2) is 7.85. The average molecular weight is 397 g/mol. The summed E-state index contributed by atoms with van der Waals surface area (Å²) in [4.78, 5) is 30.9. The van der Waals surface area contributed by atoms with E-state index in [0.29, 0.717) is 24.0 Å². The van der Waals surface area contributed by atoms with Gasteiger partial charge in [0.05, 0.1) is 31.5 Å². The van der Waals surface area contributed by atoms with Crippen LogP contribution in [0.25, 0.3) is 11.3 Å². The van der Waals surface area contributed by atoms with Crippen molar-refractivity contribution in [3.8, 4) is 17.0 Å². The molecule has 1 aromatic carbocycles. The lowest BCUT2D eigenvalue weighted by Gasteiger charge is -2.14. The number of carbonyl (C=O) groups is 2. The van der Waals surface area contributed by atoms with Crippen LogP contribution in [-0.4, -0.2) is 35.4 Å². The van der Waals surface area contributed by atoms with E-state index in [1.165, 1.54) is 11.3 Å². The summed E-state index contributed by atoms with van der Waals surface area (Å²) < 4.78 is 10.4. The first-order chi connectivity index (χ1) is 13.6. The standard InChI is InChI=1S/C20H19N3O4S/c1-26-15-6-4-13(5-7-15)17-12-28-20(21-17)22-19(25)14-9-18(24)23(10-14)11-16-3-2-8-27-16/h2-8,12,14H,9-11H2,1H3,(H,21,22,25)/t14-/m1/s1. The normalized spacial score (nSPS) is 16.4. The van der Waals surface area contributed by atoms with Crippen LogP contribution in [0.15, 0.2) is 52.5 Å². The number of amides is 2. The molecule has 1 fully saturated rings. The minimum atomic E-state index is -0.393. The minimum absolute atomic E-state index is 0.0467. The largest absolute Gasteiger partial charge is 0.497 e. The summed E-state index contributed by atoms with van der Waals surface area (Å²) in [5.41, 5.74) is 1.73. The Morgan fingerprint density at radius 2 is 2.18 bits per heavy atom. The lowest BCUT2D eigenvalue weighted by atomic mass is 10.1. The number of hydrogen-bond donors (Lipinski definition) is 1. The number of hydrogen-bond acceptors (Lipinski definition) is 6. The Labute approximate surface area is 165 Å². The molecule has 2 aromatic heterocycles. The molecule has 7 nitrogen and oxygen atoms in total. The van der Waals surface area contributed by atoms with E-state index < -0.39 is 5.92 Å². The van der Waals surface area contributed by atoms with Crippen molar-refractivity contribution in [3.05, 3.63) is 53.8 Å². The molecule has 0 bridgehead atoms. The van der Waals surface area contributed by atoms with Gasteiger partial charge in [-0.05, 0) is 36.4 Å². The zero-order chi connectivity index (χ0) is 19.5. The van der Waals surface area contributed by atoms with E-state index in [1.54, 1.807) is 24.3 Å². The second-order valence-corrected chi connectivity index (χ2v) is 7.37. The first-order valence-corrected chi connectivity index (χ1v) is 9.71. The van der Waals surface area contributed by atoms with Crippen molar-refractivity contribution < 1.29 is 18.7 Å². The summed E-state index contributed by atoms with van der Waals surface area (Å²) in [5, 5.41) is 5.25. The zero-order valence-corrected chi connectivity index (χ0v) is 16.1. The number of benzene rings is 1. The van der Waals surface area contributed by atoms with Crippen molar-refractivity contribution in [2.45, 2.75) is 13.0 Å². The van der Waals surface area contributed by atoms with Gasteiger partial charge in [-0.15, -0.1) is 11.3 Å². The fourth-order valence-corrected chi connectivity index (χ4v) is 3.85. The molecule has 0 saturated carbocycles. The predicted octanol–water partition coefficient (Wildman–Crippen LogP) is 3.40. The Morgan fingerprint density at radius 3 is 2.89 bits per heavy atom. The number of aromatic nitrogens is 1. The van der Waals surface area contributed by atoms with E-state index in [0.717, 1.165) is 17.0 Å². The first kappa shape index (κ1) is 18.2. The predicted molar refractivity (Wildman–Crippen MR) is 105 cm³/mol. The van der Waals surface area contributed by atoms with Crippen LogP contribution in [-0.2, 0) is 16.1 Å². The molecule has 144 valence electrons. The molecule has 8 heteroatoms. The van der Waals surface area contributed by atoms with Gasteiger partial charge in [-0.25, -0.2) is 4.98 Å². The Bertz CT molecular complexity index is 966. The number of carbonyl (C=O) groups excluding carboxylic acids is 2. The number of nitrogens with one attached hydrogen (secondary N) is 1. The Hall–Kier alpha value is -3.13. The molecule has 1 aliphatic rings. The zero-order valence-electron chi connectivity index (χ0n) is 15.3. The van der Waals surface area contributed by atoms with Gasteiger partial charge in [-0.1, -0.05) is 0 Å². The number of thiazole rings is 1. The first-order valence-electron chi connectivity index (χ1n) is 8.83. The maximum atomic E-state index is 12.6. The average Bonchev–Trinajstić information content (AvgIpc) is 3.45. The van der Waals surface area contributed by atoms with Gasteiger partial charge in [0, 0.05) is 23.9 Å². The highest BCUT2D eigenvalue weighted by Gasteiger charge is 2.35. The van der Waals surface area contributed by atoms with Crippen molar-refractivity contribution in [2.75, 3.05) is 19.0 Å². The van der Waals surface area contributed by atoms with Gasteiger partial charge >= 0.3 is 0 Å². The third-order valence-electron chi connectivity index (χ3n) is 4.63. The van der Waals surface area contributed by atoms with Crippen LogP contribution in [0, 0.1) is 5.92 Å². The van der Waals surface area contributed by atoms with Crippen LogP contribution in [0.1, 0.15) is 12.2 Å². The van der Waals surface area contributed by atoms with Crippen molar-refractivity contribution >= 4 is 28.3 Å².